The van der Waals surface area contributed by atoms with Crippen LogP contribution in [0, 0.1) is 0 Å². The van der Waals surface area contributed by atoms with Crippen molar-refractivity contribution in [2.75, 3.05) is 19.8 Å². The van der Waals surface area contributed by atoms with E-state index in [1.54, 1.807) is 6.33 Å². The first-order chi connectivity index (χ1) is 10.9. The molecule has 1 atom stereocenters. The highest BCUT2D eigenvalue weighted by Gasteiger charge is 2.22. The van der Waals surface area contributed by atoms with Crippen LogP contribution in [0.1, 0.15) is 18.2 Å². The van der Waals surface area contributed by atoms with Crippen LogP contribution in [0.3, 0.4) is 0 Å². The van der Waals surface area contributed by atoms with Crippen molar-refractivity contribution in [3.05, 3.63) is 42.7 Å². The zero-order chi connectivity index (χ0) is 14.9. The molecule has 1 saturated heterocycles. The van der Waals surface area contributed by atoms with Gasteiger partial charge < -0.3 is 19.0 Å². The van der Waals surface area contributed by atoms with Gasteiger partial charge in [-0.05, 0) is 24.6 Å². The van der Waals surface area contributed by atoms with Crippen molar-refractivity contribution in [3.63, 3.8) is 0 Å². The SMILES string of the molecule is OCCn1cnc2cc(-n3ccnc3[C@H]3CCOC3)ccc21. The maximum absolute atomic E-state index is 9.09. The summed E-state index contributed by atoms with van der Waals surface area (Å²) < 4.78 is 9.55. The van der Waals surface area contributed by atoms with Crippen molar-refractivity contribution in [1.29, 1.82) is 0 Å². The largest absolute Gasteiger partial charge is 0.395 e. The van der Waals surface area contributed by atoms with Gasteiger partial charge in [-0.1, -0.05) is 0 Å². The van der Waals surface area contributed by atoms with Crippen molar-refractivity contribution >= 4 is 11.0 Å². The number of imidazole rings is 2. The topological polar surface area (TPSA) is 65.1 Å². The number of hydrogen-bond acceptors (Lipinski definition) is 4. The lowest BCUT2D eigenvalue weighted by molar-refractivity contribution is 0.193. The van der Waals surface area contributed by atoms with E-state index in [-0.39, 0.29) is 6.61 Å². The lowest BCUT2D eigenvalue weighted by Gasteiger charge is -2.12. The molecule has 22 heavy (non-hydrogen) atoms. The summed E-state index contributed by atoms with van der Waals surface area (Å²) in [4.78, 5) is 8.94. The fourth-order valence-corrected chi connectivity index (χ4v) is 3.06. The molecule has 3 aromatic rings. The summed E-state index contributed by atoms with van der Waals surface area (Å²) in [5, 5.41) is 9.09. The Morgan fingerprint density at radius 1 is 1.32 bits per heavy atom. The average Bonchev–Trinajstić information content (AvgIpc) is 3.27. The van der Waals surface area contributed by atoms with E-state index in [1.807, 2.05) is 23.0 Å². The van der Waals surface area contributed by atoms with Gasteiger partial charge in [0.2, 0.25) is 0 Å². The predicted molar refractivity (Wildman–Crippen MR) is 82.1 cm³/mol. The predicted octanol–water partition coefficient (Wildman–Crippen LogP) is 1.72. The van der Waals surface area contributed by atoms with Crippen molar-refractivity contribution in [1.82, 2.24) is 19.1 Å². The number of aliphatic hydroxyl groups excluding tert-OH is 1. The monoisotopic (exact) mass is 298 g/mol. The zero-order valence-corrected chi connectivity index (χ0v) is 12.2. The van der Waals surface area contributed by atoms with E-state index in [2.05, 4.69) is 26.7 Å². The highest BCUT2D eigenvalue weighted by atomic mass is 16.5. The first-order valence-corrected chi connectivity index (χ1v) is 7.54. The minimum absolute atomic E-state index is 0.112. The number of aromatic nitrogens is 4. The van der Waals surface area contributed by atoms with Crippen LogP contribution in [0.5, 0.6) is 0 Å². The lowest BCUT2D eigenvalue weighted by Crippen LogP contribution is -2.07. The zero-order valence-electron chi connectivity index (χ0n) is 12.2. The van der Waals surface area contributed by atoms with E-state index >= 15 is 0 Å². The molecule has 1 aromatic carbocycles. The number of rotatable bonds is 4. The minimum atomic E-state index is 0.112. The maximum atomic E-state index is 9.09. The van der Waals surface area contributed by atoms with Crippen LogP contribution in [0.25, 0.3) is 16.7 Å². The molecular formula is C16H18N4O2. The van der Waals surface area contributed by atoms with E-state index in [0.29, 0.717) is 12.5 Å². The Hall–Kier alpha value is -2.18. The van der Waals surface area contributed by atoms with Gasteiger partial charge in [-0.2, -0.15) is 0 Å². The fraction of sp³-hybridized carbons (Fsp3) is 0.375. The van der Waals surface area contributed by atoms with Crippen LogP contribution in [0.15, 0.2) is 36.9 Å². The Kier molecular flexibility index (Phi) is 3.40. The molecule has 1 fully saturated rings. The van der Waals surface area contributed by atoms with Crippen LogP contribution in [-0.2, 0) is 11.3 Å². The number of benzene rings is 1. The Morgan fingerprint density at radius 3 is 3.09 bits per heavy atom. The lowest BCUT2D eigenvalue weighted by atomic mass is 10.1. The van der Waals surface area contributed by atoms with E-state index in [9.17, 15) is 0 Å². The molecular weight excluding hydrogens is 280 g/mol. The molecule has 0 aliphatic carbocycles. The fourth-order valence-electron chi connectivity index (χ4n) is 3.06. The van der Waals surface area contributed by atoms with Crippen molar-refractivity contribution < 1.29 is 9.84 Å². The van der Waals surface area contributed by atoms with Gasteiger partial charge in [-0.25, -0.2) is 9.97 Å². The summed E-state index contributed by atoms with van der Waals surface area (Å²) in [6.45, 7) is 2.22. The number of nitrogens with zero attached hydrogens (tertiary/aromatic N) is 4. The summed E-state index contributed by atoms with van der Waals surface area (Å²) >= 11 is 0. The van der Waals surface area contributed by atoms with Gasteiger partial charge in [-0.3, -0.25) is 0 Å². The van der Waals surface area contributed by atoms with Crippen LogP contribution in [0.2, 0.25) is 0 Å². The molecule has 0 saturated carbocycles. The first kappa shape index (κ1) is 13.5. The summed E-state index contributed by atoms with van der Waals surface area (Å²) in [5.74, 6) is 1.41. The molecule has 1 aliphatic heterocycles. The van der Waals surface area contributed by atoms with Crippen molar-refractivity contribution in [2.24, 2.45) is 0 Å². The second kappa shape index (κ2) is 5.55. The van der Waals surface area contributed by atoms with Crippen LogP contribution in [-0.4, -0.2) is 44.0 Å². The average molecular weight is 298 g/mol. The first-order valence-electron chi connectivity index (χ1n) is 7.54. The third-order valence-corrected chi connectivity index (χ3v) is 4.19. The van der Waals surface area contributed by atoms with E-state index in [1.165, 1.54) is 0 Å². The second-order valence-corrected chi connectivity index (χ2v) is 5.55. The molecule has 1 aliphatic rings. The molecule has 0 amide bonds. The van der Waals surface area contributed by atoms with E-state index in [4.69, 9.17) is 9.84 Å². The molecule has 0 unspecified atom stereocenters. The molecule has 3 heterocycles. The molecule has 4 rings (SSSR count). The molecule has 2 aromatic heterocycles. The summed E-state index contributed by atoms with van der Waals surface area (Å²) in [6, 6.07) is 6.17. The van der Waals surface area contributed by atoms with E-state index in [0.717, 1.165) is 42.2 Å². The normalized spacial score (nSPS) is 18.3. The highest BCUT2D eigenvalue weighted by Crippen LogP contribution is 2.27. The van der Waals surface area contributed by atoms with Gasteiger partial charge in [0.25, 0.3) is 0 Å². The third-order valence-electron chi connectivity index (χ3n) is 4.19. The summed E-state index contributed by atoms with van der Waals surface area (Å²) in [6.07, 6.45) is 6.61. The number of ether oxygens (including phenoxy) is 1. The van der Waals surface area contributed by atoms with Gasteiger partial charge in [-0.15, -0.1) is 0 Å². The van der Waals surface area contributed by atoms with Crippen molar-refractivity contribution in [3.8, 4) is 5.69 Å². The molecule has 114 valence electrons. The molecule has 6 nitrogen and oxygen atoms in total. The van der Waals surface area contributed by atoms with Gasteiger partial charge >= 0.3 is 0 Å². The summed E-state index contributed by atoms with van der Waals surface area (Å²) in [7, 11) is 0. The Morgan fingerprint density at radius 2 is 2.27 bits per heavy atom. The highest BCUT2D eigenvalue weighted by molar-refractivity contribution is 5.77. The molecule has 0 spiro atoms. The smallest absolute Gasteiger partial charge is 0.118 e. The maximum Gasteiger partial charge on any atom is 0.118 e. The Labute approximate surface area is 128 Å². The Bertz CT molecular complexity index is 786. The van der Waals surface area contributed by atoms with Crippen LogP contribution < -0.4 is 0 Å². The van der Waals surface area contributed by atoms with Crippen LogP contribution in [0.4, 0.5) is 0 Å². The number of hydrogen-bond donors (Lipinski definition) is 1. The van der Waals surface area contributed by atoms with E-state index < -0.39 is 0 Å². The summed E-state index contributed by atoms with van der Waals surface area (Å²) in [5.41, 5.74) is 3.01. The third kappa shape index (κ3) is 2.20. The van der Waals surface area contributed by atoms with Gasteiger partial charge in [0.15, 0.2) is 0 Å². The van der Waals surface area contributed by atoms with Gasteiger partial charge in [0.05, 0.1) is 30.6 Å². The second-order valence-electron chi connectivity index (χ2n) is 5.55. The molecule has 1 N–H and O–H groups in total. The molecule has 6 heteroatoms. The van der Waals surface area contributed by atoms with Gasteiger partial charge in [0.1, 0.15) is 5.82 Å². The minimum Gasteiger partial charge on any atom is -0.395 e. The molecule has 0 radical (unpaired) electrons. The standard InChI is InChI=1S/C16H18N4O2/c21-7-6-19-11-18-14-9-13(1-2-15(14)19)20-5-4-17-16(20)12-3-8-22-10-12/h1-2,4-5,9,11-12,21H,3,6-8,10H2/t12-/m0/s1. The van der Waals surface area contributed by atoms with Gasteiger partial charge in [0, 0.05) is 37.2 Å². The number of fused-ring (bicyclic) bond motifs is 1. The van der Waals surface area contributed by atoms with Crippen molar-refractivity contribution in [2.45, 2.75) is 18.9 Å². The number of aliphatic hydroxyl groups is 1. The molecule has 0 bridgehead atoms. The van der Waals surface area contributed by atoms with Crippen LogP contribution >= 0.6 is 0 Å². The Balaban J connectivity index is 1.74. The quantitative estimate of drug-likeness (QED) is 0.796.